The Morgan fingerprint density at radius 1 is 0.821 bits per heavy atom. The van der Waals surface area contributed by atoms with Crippen molar-refractivity contribution in [2.45, 2.75) is 0 Å². The predicted octanol–water partition coefficient (Wildman–Crippen LogP) is 2.83. The minimum Gasteiger partial charge on any atom is -0.545 e. The van der Waals surface area contributed by atoms with Crippen LogP contribution in [0.5, 0.6) is 23.0 Å². The molecule has 2 aromatic carbocycles. The van der Waals surface area contributed by atoms with E-state index in [-0.39, 0.29) is 13.6 Å². The second kappa shape index (κ2) is 6.38. The zero-order valence-corrected chi connectivity index (χ0v) is 14.5. The molecule has 0 fully saturated rings. The molecule has 3 aromatic rings. The molecular formula is C21H13O7-. The summed E-state index contributed by atoms with van der Waals surface area (Å²) in [5, 5.41) is 10.8. The highest BCUT2D eigenvalue weighted by Crippen LogP contribution is 2.43. The standard InChI is InChI=1S/C21H14O7/c22-20(23)6-3-14-9-15(12-1-4-16-18(7-12)26-10-24-16)21(28-14)13-2-5-17-19(8-13)27-11-25-17/h1-9H,10-11H2,(H,22,23)/p-1/b6-3+. The van der Waals surface area contributed by atoms with Gasteiger partial charge < -0.3 is 33.3 Å². The van der Waals surface area contributed by atoms with Gasteiger partial charge in [-0.2, -0.15) is 0 Å². The summed E-state index contributed by atoms with van der Waals surface area (Å²) >= 11 is 0. The number of hydrogen-bond acceptors (Lipinski definition) is 7. The molecule has 0 bridgehead atoms. The van der Waals surface area contributed by atoms with E-state index >= 15 is 0 Å². The van der Waals surface area contributed by atoms with Gasteiger partial charge >= 0.3 is 0 Å². The molecule has 2 aliphatic heterocycles. The van der Waals surface area contributed by atoms with Crippen LogP contribution < -0.4 is 24.1 Å². The molecule has 0 saturated carbocycles. The lowest BCUT2D eigenvalue weighted by Gasteiger charge is -2.05. The van der Waals surface area contributed by atoms with Gasteiger partial charge in [0.1, 0.15) is 11.5 Å². The number of furan rings is 1. The Morgan fingerprint density at radius 2 is 1.43 bits per heavy atom. The number of ether oxygens (including phenoxy) is 4. The molecule has 28 heavy (non-hydrogen) atoms. The van der Waals surface area contributed by atoms with Crippen LogP contribution in [0.25, 0.3) is 28.5 Å². The van der Waals surface area contributed by atoms with Gasteiger partial charge in [0.2, 0.25) is 13.6 Å². The molecule has 5 rings (SSSR count). The normalized spacial score (nSPS) is 14.0. The summed E-state index contributed by atoms with van der Waals surface area (Å²) < 4.78 is 27.6. The van der Waals surface area contributed by atoms with Crippen molar-refractivity contribution in [1.29, 1.82) is 0 Å². The first-order chi connectivity index (χ1) is 13.7. The van der Waals surface area contributed by atoms with E-state index < -0.39 is 5.97 Å². The lowest BCUT2D eigenvalue weighted by Crippen LogP contribution is -2.18. The molecule has 7 heteroatoms. The molecule has 0 spiro atoms. The molecule has 0 N–H and O–H groups in total. The van der Waals surface area contributed by atoms with Crippen molar-refractivity contribution in [1.82, 2.24) is 0 Å². The van der Waals surface area contributed by atoms with E-state index in [1.807, 2.05) is 30.3 Å². The Balaban J connectivity index is 1.63. The zero-order valence-electron chi connectivity index (χ0n) is 14.5. The van der Waals surface area contributed by atoms with E-state index in [4.69, 9.17) is 23.4 Å². The zero-order chi connectivity index (χ0) is 19.1. The predicted molar refractivity (Wildman–Crippen MR) is 95.9 cm³/mol. The number of hydrogen-bond donors (Lipinski definition) is 0. The maximum atomic E-state index is 10.8. The second-order valence-electron chi connectivity index (χ2n) is 6.18. The summed E-state index contributed by atoms with van der Waals surface area (Å²) in [6, 6.07) is 12.8. The summed E-state index contributed by atoms with van der Waals surface area (Å²) in [4.78, 5) is 10.8. The smallest absolute Gasteiger partial charge is 0.231 e. The Labute approximate surface area is 159 Å². The number of carboxylic acids is 1. The molecule has 1 aromatic heterocycles. The maximum Gasteiger partial charge on any atom is 0.231 e. The number of carboxylic acid groups (broad SMARTS) is 1. The van der Waals surface area contributed by atoms with Gasteiger partial charge in [-0.05, 0) is 54.1 Å². The maximum absolute atomic E-state index is 10.8. The monoisotopic (exact) mass is 377 g/mol. The Hall–Kier alpha value is -3.87. The largest absolute Gasteiger partial charge is 0.545 e. The molecule has 0 aliphatic carbocycles. The van der Waals surface area contributed by atoms with E-state index in [9.17, 15) is 9.90 Å². The summed E-state index contributed by atoms with van der Waals surface area (Å²) in [6.07, 6.45) is 2.27. The first kappa shape index (κ1) is 16.3. The minimum atomic E-state index is -1.30. The van der Waals surface area contributed by atoms with Crippen LogP contribution in [0.3, 0.4) is 0 Å². The third-order valence-electron chi connectivity index (χ3n) is 4.45. The SMILES string of the molecule is O=C([O-])/C=C/c1cc(-c2ccc3c(c2)OCO3)c(-c2ccc3c(c2)OCO3)o1. The van der Waals surface area contributed by atoms with Crippen molar-refractivity contribution >= 4 is 12.0 Å². The third kappa shape index (κ3) is 2.83. The van der Waals surface area contributed by atoms with E-state index in [1.165, 1.54) is 6.08 Å². The first-order valence-corrected chi connectivity index (χ1v) is 8.50. The topological polar surface area (TPSA) is 90.2 Å². The van der Waals surface area contributed by atoms with Crippen molar-refractivity contribution in [3.8, 4) is 45.4 Å². The van der Waals surface area contributed by atoms with Crippen molar-refractivity contribution in [3.63, 3.8) is 0 Å². The molecule has 2 aliphatic rings. The fourth-order valence-corrected chi connectivity index (χ4v) is 3.17. The summed E-state index contributed by atoms with van der Waals surface area (Å²) in [6.45, 7) is 0.352. The van der Waals surface area contributed by atoms with Crippen LogP contribution in [0, 0.1) is 0 Å². The van der Waals surface area contributed by atoms with Crippen LogP contribution in [-0.2, 0) is 4.79 Å². The molecule has 0 amide bonds. The quantitative estimate of drug-likeness (QED) is 0.646. The lowest BCUT2D eigenvalue weighted by atomic mass is 10.0. The molecule has 7 nitrogen and oxygen atoms in total. The van der Waals surface area contributed by atoms with E-state index in [0.717, 1.165) is 22.8 Å². The van der Waals surface area contributed by atoms with Gasteiger partial charge in [0.15, 0.2) is 23.0 Å². The van der Waals surface area contributed by atoms with Crippen LogP contribution in [0.1, 0.15) is 5.76 Å². The highest BCUT2D eigenvalue weighted by Gasteiger charge is 2.21. The summed E-state index contributed by atoms with van der Waals surface area (Å²) in [7, 11) is 0. The molecule has 0 unspecified atom stereocenters. The van der Waals surface area contributed by atoms with Crippen molar-refractivity contribution < 1.29 is 33.3 Å². The Kier molecular flexibility index (Phi) is 3.72. The Morgan fingerprint density at radius 3 is 2.11 bits per heavy atom. The average Bonchev–Trinajstić information content (AvgIpc) is 3.43. The van der Waals surface area contributed by atoms with Crippen molar-refractivity contribution in [2.24, 2.45) is 0 Å². The fraction of sp³-hybridized carbons (Fsp3) is 0.0952. The van der Waals surface area contributed by atoms with Gasteiger partial charge in [-0.3, -0.25) is 0 Å². The summed E-state index contributed by atoms with van der Waals surface area (Å²) in [5.41, 5.74) is 2.38. The van der Waals surface area contributed by atoms with E-state index in [0.29, 0.717) is 34.5 Å². The van der Waals surface area contributed by atoms with Gasteiger partial charge in [-0.15, -0.1) is 0 Å². The number of aliphatic carboxylic acids is 1. The van der Waals surface area contributed by atoms with E-state index in [2.05, 4.69) is 0 Å². The fourth-order valence-electron chi connectivity index (χ4n) is 3.17. The van der Waals surface area contributed by atoms with Crippen molar-refractivity contribution in [2.75, 3.05) is 13.6 Å². The highest BCUT2D eigenvalue weighted by molar-refractivity contribution is 5.86. The number of benzene rings is 2. The Bertz CT molecular complexity index is 1030. The van der Waals surface area contributed by atoms with Gasteiger partial charge in [-0.1, -0.05) is 6.07 Å². The van der Waals surface area contributed by atoms with Crippen LogP contribution in [0.15, 0.2) is 53.0 Å². The summed E-state index contributed by atoms with van der Waals surface area (Å²) in [5.74, 6) is 2.25. The first-order valence-electron chi connectivity index (χ1n) is 8.50. The van der Waals surface area contributed by atoms with Gasteiger partial charge in [0.25, 0.3) is 0 Å². The second-order valence-corrected chi connectivity index (χ2v) is 6.18. The van der Waals surface area contributed by atoms with Gasteiger partial charge in [-0.25, -0.2) is 0 Å². The van der Waals surface area contributed by atoms with Crippen molar-refractivity contribution in [3.05, 3.63) is 54.3 Å². The lowest BCUT2D eigenvalue weighted by molar-refractivity contribution is -0.297. The van der Waals surface area contributed by atoms with Crippen LogP contribution >= 0.6 is 0 Å². The number of carbonyl (C=O) groups excluding carboxylic acids is 1. The van der Waals surface area contributed by atoms with Gasteiger partial charge in [0, 0.05) is 11.1 Å². The number of fused-ring (bicyclic) bond motifs is 2. The number of rotatable bonds is 4. The van der Waals surface area contributed by atoms with Crippen LogP contribution in [-0.4, -0.2) is 19.6 Å². The minimum absolute atomic E-state index is 0.172. The number of carbonyl (C=O) groups is 1. The molecule has 140 valence electrons. The highest BCUT2D eigenvalue weighted by atomic mass is 16.7. The molecule has 0 atom stereocenters. The molecule has 0 saturated heterocycles. The molecule has 3 heterocycles. The molecule has 0 radical (unpaired) electrons. The average molecular weight is 377 g/mol. The van der Waals surface area contributed by atoms with Crippen LogP contribution in [0.2, 0.25) is 0 Å². The van der Waals surface area contributed by atoms with Gasteiger partial charge in [0.05, 0.1) is 5.97 Å². The van der Waals surface area contributed by atoms with E-state index in [1.54, 1.807) is 12.1 Å². The molecular weight excluding hydrogens is 364 g/mol. The van der Waals surface area contributed by atoms with Crippen LogP contribution in [0.4, 0.5) is 0 Å². The third-order valence-corrected chi connectivity index (χ3v) is 4.45.